The fourth-order valence-electron chi connectivity index (χ4n) is 1.32. The van der Waals surface area contributed by atoms with Gasteiger partial charge in [-0.05, 0) is 30.2 Å². The topological polar surface area (TPSA) is 53.7 Å². The van der Waals surface area contributed by atoms with Gasteiger partial charge in [-0.15, -0.1) is 0 Å². The summed E-state index contributed by atoms with van der Waals surface area (Å²) in [5.74, 6) is 1.38. The molecule has 0 spiro atoms. The highest BCUT2D eigenvalue weighted by atomic mass is 16.5. The van der Waals surface area contributed by atoms with Crippen molar-refractivity contribution in [3.8, 4) is 5.75 Å². The SMILES string of the molecule is CC(C)COCCOCCOc1ccc(N)cc1. The molecular weight excluding hydrogens is 230 g/mol. The number of nitrogen functional groups attached to an aromatic ring is 1. The monoisotopic (exact) mass is 253 g/mol. The minimum atomic E-state index is 0.536. The number of rotatable bonds is 9. The molecule has 0 atom stereocenters. The zero-order valence-electron chi connectivity index (χ0n) is 11.2. The van der Waals surface area contributed by atoms with Crippen molar-refractivity contribution < 1.29 is 14.2 Å². The van der Waals surface area contributed by atoms with Crippen molar-refractivity contribution in [3.05, 3.63) is 24.3 Å². The molecule has 0 aliphatic heterocycles. The second-order valence-electron chi connectivity index (χ2n) is 4.50. The van der Waals surface area contributed by atoms with Gasteiger partial charge >= 0.3 is 0 Å². The predicted molar refractivity (Wildman–Crippen MR) is 72.8 cm³/mol. The van der Waals surface area contributed by atoms with Gasteiger partial charge in [0.25, 0.3) is 0 Å². The van der Waals surface area contributed by atoms with E-state index in [9.17, 15) is 0 Å². The van der Waals surface area contributed by atoms with Gasteiger partial charge in [-0.1, -0.05) is 13.8 Å². The molecule has 0 saturated carbocycles. The molecule has 4 heteroatoms. The maximum atomic E-state index is 5.58. The van der Waals surface area contributed by atoms with Crippen molar-refractivity contribution in [1.29, 1.82) is 0 Å². The zero-order chi connectivity index (χ0) is 13.2. The molecule has 0 amide bonds. The third kappa shape index (κ3) is 7.14. The lowest BCUT2D eigenvalue weighted by Crippen LogP contribution is -2.12. The summed E-state index contributed by atoms with van der Waals surface area (Å²) < 4.78 is 16.3. The van der Waals surface area contributed by atoms with Gasteiger partial charge in [0.2, 0.25) is 0 Å². The second-order valence-corrected chi connectivity index (χ2v) is 4.50. The summed E-state index contributed by atoms with van der Waals surface area (Å²) in [5, 5.41) is 0. The highest BCUT2D eigenvalue weighted by Gasteiger charge is 1.95. The third-order valence-electron chi connectivity index (χ3n) is 2.20. The predicted octanol–water partition coefficient (Wildman–Crippen LogP) is 2.34. The normalized spacial score (nSPS) is 10.8. The number of anilines is 1. The summed E-state index contributed by atoms with van der Waals surface area (Å²) in [6, 6.07) is 7.33. The fraction of sp³-hybridized carbons (Fsp3) is 0.571. The van der Waals surface area contributed by atoms with Gasteiger partial charge in [-0.2, -0.15) is 0 Å². The van der Waals surface area contributed by atoms with Crippen LogP contribution in [0.15, 0.2) is 24.3 Å². The molecule has 18 heavy (non-hydrogen) atoms. The molecule has 0 unspecified atom stereocenters. The Morgan fingerprint density at radius 3 is 2.22 bits per heavy atom. The van der Waals surface area contributed by atoms with Crippen molar-refractivity contribution >= 4 is 5.69 Å². The number of nitrogens with two attached hydrogens (primary N) is 1. The maximum Gasteiger partial charge on any atom is 0.119 e. The van der Waals surface area contributed by atoms with Crippen molar-refractivity contribution in [3.63, 3.8) is 0 Å². The summed E-state index contributed by atoms with van der Waals surface area (Å²) in [6.07, 6.45) is 0. The van der Waals surface area contributed by atoms with Crippen LogP contribution < -0.4 is 10.5 Å². The van der Waals surface area contributed by atoms with E-state index in [2.05, 4.69) is 13.8 Å². The first-order valence-electron chi connectivity index (χ1n) is 6.32. The summed E-state index contributed by atoms with van der Waals surface area (Å²) >= 11 is 0. The van der Waals surface area contributed by atoms with Crippen LogP contribution in [0.25, 0.3) is 0 Å². The van der Waals surface area contributed by atoms with Crippen LogP contribution in [0.3, 0.4) is 0 Å². The lowest BCUT2D eigenvalue weighted by atomic mass is 10.2. The highest BCUT2D eigenvalue weighted by molar-refractivity contribution is 5.41. The Hall–Kier alpha value is -1.26. The molecule has 0 radical (unpaired) electrons. The van der Waals surface area contributed by atoms with Crippen LogP contribution in [0.4, 0.5) is 5.69 Å². The first-order valence-corrected chi connectivity index (χ1v) is 6.32. The summed E-state index contributed by atoms with van der Waals surface area (Å²) in [4.78, 5) is 0. The van der Waals surface area contributed by atoms with Crippen LogP contribution in [0.5, 0.6) is 5.75 Å². The Labute approximate surface area is 109 Å². The quantitative estimate of drug-likeness (QED) is 0.542. The Bertz CT molecular complexity index is 311. The number of ether oxygens (including phenoxy) is 3. The van der Waals surface area contributed by atoms with Gasteiger partial charge < -0.3 is 19.9 Å². The molecule has 102 valence electrons. The van der Waals surface area contributed by atoms with Crippen LogP contribution in [-0.4, -0.2) is 33.0 Å². The smallest absolute Gasteiger partial charge is 0.119 e. The van der Waals surface area contributed by atoms with E-state index in [1.165, 1.54) is 0 Å². The summed E-state index contributed by atoms with van der Waals surface area (Å²) in [7, 11) is 0. The average Bonchev–Trinajstić information content (AvgIpc) is 2.34. The van der Waals surface area contributed by atoms with Gasteiger partial charge in [0, 0.05) is 12.3 Å². The van der Waals surface area contributed by atoms with Gasteiger partial charge in [-0.25, -0.2) is 0 Å². The Kier molecular flexibility index (Phi) is 7.22. The van der Waals surface area contributed by atoms with Gasteiger partial charge in [-0.3, -0.25) is 0 Å². The molecule has 0 saturated heterocycles. The van der Waals surface area contributed by atoms with E-state index in [1.807, 2.05) is 24.3 Å². The van der Waals surface area contributed by atoms with Crippen molar-refractivity contribution in [2.75, 3.05) is 38.8 Å². The van der Waals surface area contributed by atoms with E-state index in [1.54, 1.807) is 0 Å². The van der Waals surface area contributed by atoms with Crippen molar-refractivity contribution in [2.24, 2.45) is 5.92 Å². The molecule has 0 aliphatic rings. The van der Waals surface area contributed by atoms with E-state index in [4.69, 9.17) is 19.9 Å². The molecule has 0 bridgehead atoms. The van der Waals surface area contributed by atoms with E-state index in [-0.39, 0.29) is 0 Å². The van der Waals surface area contributed by atoms with Crippen LogP contribution in [0, 0.1) is 5.92 Å². The second kappa shape index (κ2) is 8.78. The number of benzene rings is 1. The largest absolute Gasteiger partial charge is 0.491 e. The molecule has 0 aromatic heterocycles. The van der Waals surface area contributed by atoms with E-state index < -0.39 is 0 Å². The number of hydrogen-bond acceptors (Lipinski definition) is 4. The van der Waals surface area contributed by atoms with Gasteiger partial charge in [0.15, 0.2) is 0 Å². The van der Waals surface area contributed by atoms with E-state index in [0.717, 1.165) is 18.0 Å². The van der Waals surface area contributed by atoms with E-state index >= 15 is 0 Å². The molecule has 1 aromatic rings. The summed E-state index contributed by atoms with van der Waals surface area (Å²) in [5.41, 5.74) is 6.31. The van der Waals surface area contributed by atoms with Crippen molar-refractivity contribution in [1.82, 2.24) is 0 Å². The van der Waals surface area contributed by atoms with E-state index in [0.29, 0.717) is 32.3 Å². The lowest BCUT2D eigenvalue weighted by Gasteiger charge is -2.08. The highest BCUT2D eigenvalue weighted by Crippen LogP contribution is 2.12. The van der Waals surface area contributed by atoms with Gasteiger partial charge in [0.05, 0.1) is 19.8 Å². The molecule has 0 aliphatic carbocycles. The fourth-order valence-corrected chi connectivity index (χ4v) is 1.32. The zero-order valence-corrected chi connectivity index (χ0v) is 11.2. The first-order chi connectivity index (χ1) is 8.68. The first kappa shape index (κ1) is 14.8. The third-order valence-corrected chi connectivity index (χ3v) is 2.20. The lowest BCUT2D eigenvalue weighted by molar-refractivity contribution is 0.0282. The average molecular weight is 253 g/mol. The Morgan fingerprint density at radius 1 is 0.944 bits per heavy atom. The van der Waals surface area contributed by atoms with Crippen molar-refractivity contribution in [2.45, 2.75) is 13.8 Å². The standard InChI is InChI=1S/C14H23NO3/c1-12(2)11-17-8-7-16-9-10-18-14-5-3-13(15)4-6-14/h3-6,12H,7-11,15H2,1-2H3. The van der Waals surface area contributed by atoms with Crippen LogP contribution in [0.2, 0.25) is 0 Å². The van der Waals surface area contributed by atoms with Crippen LogP contribution in [-0.2, 0) is 9.47 Å². The molecule has 1 aromatic carbocycles. The Balaban J connectivity index is 1.94. The minimum Gasteiger partial charge on any atom is -0.491 e. The maximum absolute atomic E-state index is 5.58. The van der Waals surface area contributed by atoms with Crippen LogP contribution >= 0.6 is 0 Å². The van der Waals surface area contributed by atoms with Gasteiger partial charge in [0.1, 0.15) is 12.4 Å². The summed E-state index contributed by atoms with van der Waals surface area (Å²) in [6.45, 7) is 7.38. The minimum absolute atomic E-state index is 0.536. The van der Waals surface area contributed by atoms with Crippen LogP contribution in [0.1, 0.15) is 13.8 Å². The molecule has 4 nitrogen and oxygen atoms in total. The molecule has 2 N–H and O–H groups in total. The molecule has 0 heterocycles. The molecule has 0 fully saturated rings. The molecular formula is C14H23NO3. The Morgan fingerprint density at radius 2 is 1.56 bits per heavy atom. The number of hydrogen-bond donors (Lipinski definition) is 1. The molecule has 1 rings (SSSR count).